The molecule has 0 aromatic carbocycles. The lowest BCUT2D eigenvalue weighted by Gasteiger charge is -2.39. The van der Waals surface area contributed by atoms with Crippen LogP contribution in [-0.2, 0) is 15.1 Å². The molecular formula is C14H22N4O2. The summed E-state index contributed by atoms with van der Waals surface area (Å²) in [4.78, 5) is 15.0. The highest BCUT2D eigenvalue weighted by Crippen LogP contribution is 2.31. The van der Waals surface area contributed by atoms with Crippen LogP contribution >= 0.6 is 0 Å². The molecule has 1 atom stereocenters. The average Bonchev–Trinajstić information content (AvgIpc) is 3.18. The highest BCUT2D eigenvalue weighted by atomic mass is 16.5. The molecule has 0 spiro atoms. The Morgan fingerprint density at radius 1 is 1.45 bits per heavy atom. The summed E-state index contributed by atoms with van der Waals surface area (Å²) in [6, 6.07) is 1.89. The number of carbonyl (C=O) groups excluding carboxylic acids is 1. The van der Waals surface area contributed by atoms with E-state index in [1.807, 2.05) is 21.8 Å². The fourth-order valence-corrected chi connectivity index (χ4v) is 3.30. The van der Waals surface area contributed by atoms with E-state index >= 15 is 0 Å². The molecule has 2 aliphatic rings. The summed E-state index contributed by atoms with van der Waals surface area (Å²) in [6.45, 7) is 3.19. The third-order valence-corrected chi connectivity index (χ3v) is 4.54. The summed E-state index contributed by atoms with van der Waals surface area (Å²) < 4.78 is 7.23. The van der Waals surface area contributed by atoms with E-state index < -0.39 is 5.54 Å². The Bertz CT molecular complexity index is 454. The van der Waals surface area contributed by atoms with E-state index in [4.69, 9.17) is 4.74 Å². The molecule has 1 aromatic heterocycles. The summed E-state index contributed by atoms with van der Waals surface area (Å²) in [7, 11) is 1.71. The smallest absolute Gasteiger partial charge is 0.250 e. The highest BCUT2D eigenvalue weighted by molar-refractivity contribution is 5.85. The number of methoxy groups -OCH3 is 1. The fourth-order valence-electron chi connectivity index (χ4n) is 3.30. The Balaban J connectivity index is 1.84. The Labute approximate surface area is 119 Å². The monoisotopic (exact) mass is 278 g/mol. The van der Waals surface area contributed by atoms with E-state index in [0.717, 1.165) is 38.9 Å². The maximum Gasteiger partial charge on any atom is 0.250 e. The number of hydrogen-bond donors (Lipinski definition) is 1. The van der Waals surface area contributed by atoms with E-state index in [1.54, 1.807) is 13.3 Å². The second-order valence-corrected chi connectivity index (χ2v) is 5.63. The number of likely N-dealkylation sites (tertiary alicyclic amines) is 1. The van der Waals surface area contributed by atoms with Crippen molar-refractivity contribution in [1.29, 1.82) is 0 Å². The third-order valence-electron chi connectivity index (χ3n) is 4.54. The first-order chi connectivity index (χ1) is 9.76. The van der Waals surface area contributed by atoms with Gasteiger partial charge in [-0.2, -0.15) is 5.10 Å². The lowest BCUT2D eigenvalue weighted by Crippen LogP contribution is -2.55. The highest BCUT2D eigenvalue weighted by Gasteiger charge is 2.45. The Hall–Kier alpha value is -1.40. The van der Waals surface area contributed by atoms with Crippen molar-refractivity contribution in [3.63, 3.8) is 0 Å². The first-order valence-electron chi connectivity index (χ1n) is 7.29. The first kappa shape index (κ1) is 13.6. The van der Waals surface area contributed by atoms with Gasteiger partial charge in [0.2, 0.25) is 0 Å². The van der Waals surface area contributed by atoms with Crippen LogP contribution in [0.1, 0.15) is 19.3 Å². The second-order valence-electron chi connectivity index (χ2n) is 5.63. The van der Waals surface area contributed by atoms with Crippen LogP contribution in [0.4, 0.5) is 0 Å². The Morgan fingerprint density at radius 3 is 2.85 bits per heavy atom. The number of ether oxygens (including phenoxy) is 1. The molecule has 0 radical (unpaired) electrons. The maximum absolute atomic E-state index is 13.1. The predicted octanol–water partition coefficient (Wildman–Crippen LogP) is 0.209. The van der Waals surface area contributed by atoms with Crippen molar-refractivity contribution < 1.29 is 9.53 Å². The lowest BCUT2D eigenvalue weighted by atomic mass is 9.87. The van der Waals surface area contributed by atoms with E-state index in [1.165, 1.54) is 0 Å². The molecule has 0 unspecified atom stereocenters. The number of hydrogen-bond acceptors (Lipinski definition) is 4. The van der Waals surface area contributed by atoms with E-state index in [0.29, 0.717) is 6.54 Å². The molecule has 0 bridgehead atoms. The van der Waals surface area contributed by atoms with Crippen molar-refractivity contribution in [2.75, 3.05) is 33.3 Å². The van der Waals surface area contributed by atoms with Gasteiger partial charge < -0.3 is 15.0 Å². The zero-order valence-corrected chi connectivity index (χ0v) is 11.9. The summed E-state index contributed by atoms with van der Waals surface area (Å²) in [6.07, 6.45) is 6.35. The minimum atomic E-state index is -0.516. The number of nitrogens with one attached hydrogen (secondary N) is 1. The van der Waals surface area contributed by atoms with Crippen molar-refractivity contribution in [3.05, 3.63) is 18.5 Å². The van der Waals surface area contributed by atoms with Gasteiger partial charge >= 0.3 is 0 Å². The average molecular weight is 278 g/mol. The van der Waals surface area contributed by atoms with Gasteiger partial charge in [-0.1, -0.05) is 0 Å². The minimum absolute atomic E-state index is 0.176. The normalized spacial score (nSPS) is 25.9. The number of carbonyl (C=O) groups is 1. The number of aromatic nitrogens is 2. The topological polar surface area (TPSA) is 59.4 Å². The standard InChI is InChI=1S/C14H22N4O2/c1-20-12-3-10-17(11-12)13(19)14(4-7-15-8-5-14)18-9-2-6-16-18/h2,6,9,12,15H,3-5,7-8,10-11H2,1H3/t12-/m1/s1. The van der Waals surface area contributed by atoms with Gasteiger partial charge in [0.1, 0.15) is 5.54 Å². The van der Waals surface area contributed by atoms with Crippen molar-refractivity contribution >= 4 is 5.91 Å². The number of amides is 1. The quantitative estimate of drug-likeness (QED) is 0.858. The molecule has 2 saturated heterocycles. The molecule has 3 heterocycles. The molecule has 2 fully saturated rings. The summed E-state index contributed by atoms with van der Waals surface area (Å²) in [5.74, 6) is 0.197. The van der Waals surface area contributed by atoms with Crippen LogP contribution in [0.15, 0.2) is 18.5 Å². The molecule has 3 rings (SSSR count). The number of piperidine rings is 1. The molecule has 6 nitrogen and oxygen atoms in total. The lowest BCUT2D eigenvalue weighted by molar-refractivity contribution is -0.142. The number of rotatable bonds is 3. The van der Waals surface area contributed by atoms with Crippen LogP contribution in [0.25, 0.3) is 0 Å². The molecule has 2 aliphatic heterocycles. The molecular weight excluding hydrogens is 256 g/mol. The summed E-state index contributed by atoms with van der Waals surface area (Å²) in [5.41, 5.74) is -0.516. The molecule has 1 aromatic rings. The maximum atomic E-state index is 13.1. The number of nitrogens with zero attached hydrogens (tertiary/aromatic N) is 3. The predicted molar refractivity (Wildman–Crippen MR) is 74.3 cm³/mol. The zero-order valence-electron chi connectivity index (χ0n) is 11.9. The van der Waals surface area contributed by atoms with Crippen molar-refractivity contribution in [2.45, 2.75) is 30.9 Å². The van der Waals surface area contributed by atoms with Gasteiger partial charge in [-0.05, 0) is 38.4 Å². The zero-order chi connectivity index (χ0) is 14.0. The van der Waals surface area contributed by atoms with Gasteiger partial charge in [-0.15, -0.1) is 0 Å². The van der Waals surface area contributed by atoms with Gasteiger partial charge in [0.15, 0.2) is 0 Å². The van der Waals surface area contributed by atoms with Gasteiger partial charge in [0.05, 0.1) is 6.10 Å². The molecule has 0 aliphatic carbocycles. The molecule has 0 saturated carbocycles. The van der Waals surface area contributed by atoms with Crippen LogP contribution in [0.5, 0.6) is 0 Å². The van der Waals surface area contributed by atoms with Gasteiger partial charge in [0.25, 0.3) is 5.91 Å². The first-order valence-corrected chi connectivity index (χ1v) is 7.29. The van der Waals surface area contributed by atoms with E-state index in [2.05, 4.69) is 10.4 Å². The fraction of sp³-hybridized carbons (Fsp3) is 0.714. The second kappa shape index (κ2) is 5.54. The van der Waals surface area contributed by atoms with Crippen LogP contribution in [-0.4, -0.2) is 60.0 Å². The SMILES string of the molecule is CO[C@@H]1CCN(C(=O)C2(n3cccn3)CCNCC2)C1. The van der Waals surface area contributed by atoms with Gasteiger partial charge in [-0.3, -0.25) is 9.48 Å². The van der Waals surface area contributed by atoms with Crippen LogP contribution in [0.3, 0.4) is 0 Å². The molecule has 1 amide bonds. The van der Waals surface area contributed by atoms with Gasteiger partial charge in [-0.25, -0.2) is 0 Å². The van der Waals surface area contributed by atoms with Crippen LogP contribution < -0.4 is 5.32 Å². The third kappa shape index (κ3) is 2.23. The van der Waals surface area contributed by atoms with E-state index in [9.17, 15) is 4.79 Å². The Morgan fingerprint density at radius 2 is 2.25 bits per heavy atom. The van der Waals surface area contributed by atoms with Gasteiger partial charge in [0, 0.05) is 32.6 Å². The summed E-state index contributed by atoms with van der Waals surface area (Å²) in [5, 5.41) is 7.68. The largest absolute Gasteiger partial charge is 0.380 e. The van der Waals surface area contributed by atoms with Crippen molar-refractivity contribution in [1.82, 2.24) is 20.0 Å². The van der Waals surface area contributed by atoms with Crippen molar-refractivity contribution in [3.8, 4) is 0 Å². The molecule has 20 heavy (non-hydrogen) atoms. The molecule has 110 valence electrons. The van der Waals surface area contributed by atoms with Crippen LogP contribution in [0.2, 0.25) is 0 Å². The molecule has 1 N–H and O–H groups in total. The summed E-state index contributed by atoms with van der Waals surface area (Å²) >= 11 is 0. The van der Waals surface area contributed by atoms with E-state index in [-0.39, 0.29) is 12.0 Å². The van der Waals surface area contributed by atoms with Crippen LogP contribution in [0, 0.1) is 0 Å². The Kier molecular flexibility index (Phi) is 3.76. The molecule has 6 heteroatoms. The minimum Gasteiger partial charge on any atom is -0.380 e. The van der Waals surface area contributed by atoms with Crippen molar-refractivity contribution in [2.24, 2.45) is 0 Å².